The molecule has 1 aromatic rings. The Balaban J connectivity index is 1.95. The second kappa shape index (κ2) is 4.85. The molecule has 1 unspecified atom stereocenters. The van der Waals surface area contributed by atoms with Crippen LogP contribution in [-0.4, -0.2) is 21.9 Å². The number of hydrogen-bond acceptors (Lipinski definition) is 4. The van der Waals surface area contributed by atoms with Gasteiger partial charge in [-0.1, -0.05) is 23.1 Å². The monoisotopic (exact) mass is 243 g/mol. The van der Waals surface area contributed by atoms with Crippen molar-refractivity contribution in [2.45, 2.75) is 25.9 Å². The van der Waals surface area contributed by atoms with E-state index in [4.69, 9.17) is 0 Å². The van der Waals surface area contributed by atoms with Gasteiger partial charge in [0.05, 0.1) is 12.2 Å². The minimum atomic E-state index is -0.0113. The fourth-order valence-electron chi connectivity index (χ4n) is 1.30. The highest BCUT2D eigenvalue weighted by Gasteiger charge is 2.12. The van der Waals surface area contributed by atoms with Crippen LogP contribution in [0.2, 0.25) is 0 Å². The van der Waals surface area contributed by atoms with Gasteiger partial charge in [-0.25, -0.2) is 0 Å². The van der Waals surface area contributed by atoms with Crippen LogP contribution in [0.3, 0.4) is 0 Å². The van der Waals surface area contributed by atoms with Crippen LogP contribution in [0.1, 0.15) is 19.0 Å². The van der Waals surface area contributed by atoms with E-state index in [9.17, 15) is 4.79 Å². The molecule has 0 amide bonds. The van der Waals surface area contributed by atoms with E-state index in [2.05, 4.69) is 22.2 Å². The molecule has 1 aromatic heterocycles. The first-order valence-corrected chi connectivity index (χ1v) is 6.71. The highest BCUT2D eigenvalue weighted by Crippen LogP contribution is 2.14. The third kappa shape index (κ3) is 3.10. The van der Waals surface area contributed by atoms with E-state index in [0.29, 0.717) is 12.6 Å². The standard InChI is InChI=1S/C9H13N3OS2/c1-6-2-3-14-8(11-6)10-4-7-5-15-9(13)12-7/h5-6H,2-4H2,1H3,(H,10,11)(H,12,13). The molecule has 0 bridgehead atoms. The van der Waals surface area contributed by atoms with E-state index >= 15 is 0 Å². The predicted molar refractivity (Wildman–Crippen MR) is 65.8 cm³/mol. The summed E-state index contributed by atoms with van der Waals surface area (Å²) in [4.78, 5) is 18.0. The molecule has 15 heavy (non-hydrogen) atoms. The Morgan fingerprint density at radius 3 is 3.20 bits per heavy atom. The van der Waals surface area contributed by atoms with Crippen molar-refractivity contribution >= 4 is 28.3 Å². The molecule has 1 aliphatic rings. The van der Waals surface area contributed by atoms with Gasteiger partial charge in [0.25, 0.3) is 0 Å². The molecule has 1 saturated heterocycles. The molecule has 4 nitrogen and oxygen atoms in total. The van der Waals surface area contributed by atoms with Crippen molar-refractivity contribution in [1.82, 2.24) is 10.3 Å². The third-order valence-electron chi connectivity index (χ3n) is 2.12. The van der Waals surface area contributed by atoms with E-state index < -0.39 is 0 Å². The van der Waals surface area contributed by atoms with Gasteiger partial charge < -0.3 is 10.3 Å². The summed E-state index contributed by atoms with van der Waals surface area (Å²) in [5.74, 6) is 1.12. The van der Waals surface area contributed by atoms with Crippen LogP contribution in [0.15, 0.2) is 15.2 Å². The van der Waals surface area contributed by atoms with Gasteiger partial charge in [0.2, 0.25) is 0 Å². The topological polar surface area (TPSA) is 57.2 Å². The second-order valence-electron chi connectivity index (χ2n) is 3.48. The van der Waals surface area contributed by atoms with Crippen molar-refractivity contribution in [2.75, 3.05) is 5.75 Å². The van der Waals surface area contributed by atoms with Crippen LogP contribution in [0.4, 0.5) is 0 Å². The fraction of sp³-hybridized carbons (Fsp3) is 0.556. The Hall–Kier alpha value is -0.750. The number of rotatable bonds is 2. The summed E-state index contributed by atoms with van der Waals surface area (Å²) in [6.45, 7) is 2.71. The summed E-state index contributed by atoms with van der Waals surface area (Å²) in [5.41, 5.74) is 0.887. The summed E-state index contributed by atoms with van der Waals surface area (Å²) < 4.78 is 0. The molecule has 0 aromatic carbocycles. The minimum Gasteiger partial charge on any atom is -0.362 e. The molecule has 0 saturated carbocycles. The Labute approximate surface area is 96.2 Å². The van der Waals surface area contributed by atoms with E-state index in [0.717, 1.165) is 16.6 Å². The summed E-state index contributed by atoms with van der Waals surface area (Å²) in [5, 5.41) is 6.13. The third-order valence-corrected chi connectivity index (χ3v) is 3.80. The molecule has 2 rings (SSSR count). The van der Waals surface area contributed by atoms with Gasteiger partial charge in [-0.05, 0) is 13.3 Å². The number of aromatic amines is 1. The molecule has 2 N–H and O–H groups in total. The largest absolute Gasteiger partial charge is 0.362 e. The minimum absolute atomic E-state index is 0.0113. The average molecular weight is 243 g/mol. The molecule has 1 atom stereocenters. The van der Waals surface area contributed by atoms with Gasteiger partial charge in [0.1, 0.15) is 0 Å². The maximum absolute atomic E-state index is 10.9. The number of nitrogens with one attached hydrogen (secondary N) is 2. The average Bonchev–Trinajstić information content (AvgIpc) is 2.62. The van der Waals surface area contributed by atoms with Crippen molar-refractivity contribution in [3.8, 4) is 0 Å². The van der Waals surface area contributed by atoms with Crippen LogP contribution in [0.5, 0.6) is 0 Å². The maximum Gasteiger partial charge on any atom is 0.304 e. The molecule has 1 fully saturated rings. The molecule has 0 spiro atoms. The fourth-order valence-corrected chi connectivity index (χ4v) is 2.97. The van der Waals surface area contributed by atoms with Gasteiger partial charge in [-0.3, -0.25) is 9.79 Å². The number of aromatic nitrogens is 1. The molecular weight excluding hydrogens is 230 g/mol. The SMILES string of the molecule is CC1CCSC(=NCc2csc(=O)[nH]2)N1. The number of hydrogen-bond donors (Lipinski definition) is 2. The summed E-state index contributed by atoms with van der Waals surface area (Å²) in [6.07, 6.45) is 1.18. The lowest BCUT2D eigenvalue weighted by atomic mass is 10.3. The summed E-state index contributed by atoms with van der Waals surface area (Å²) in [6, 6.07) is 0.506. The highest BCUT2D eigenvalue weighted by atomic mass is 32.2. The van der Waals surface area contributed by atoms with Crippen molar-refractivity contribution in [3.05, 3.63) is 20.7 Å². The molecule has 82 valence electrons. The molecular formula is C9H13N3OS2. The zero-order valence-electron chi connectivity index (χ0n) is 8.45. The highest BCUT2D eigenvalue weighted by molar-refractivity contribution is 8.13. The number of amidine groups is 1. The van der Waals surface area contributed by atoms with Crippen LogP contribution in [0.25, 0.3) is 0 Å². The predicted octanol–water partition coefficient (Wildman–Crippen LogP) is 1.41. The van der Waals surface area contributed by atoms with Crippen molar-refractivity contribution in [1.29, 1.82) is 0 Å². The Morgan fingerprint density at radius 2 is 2.53 bits per heavy atom. The number of aliphatic imine (C=N–C) groups is 1. The molecule has 0 aliphatic carbocycles. The Morgan fingerprint density at radius 1 is 1.67 bits per heavy atom. The number of thiazole rings is 1. The zero-order valence-corrected chi connectivity index (χ0v) is 10.1. The first kappa shape index (κ1) is 10.8. The van der Waals surface area contributed by atoms with E-state index in [-0.39, 0.29) is 4.87 Å². The van der Waals surface area contributed by atoms with E-state index in [1.165, 1.54) is 17.8 Å². The van der Waals surface area contributed by atoms with Gasteiger partial charge in [0, 0.05) is 17.2 Å². The quantitative estimate of drug-likeness (QED) is 0.825. The molecule has 0 radical (unpaired) electrons. The molecule has 6 heteroatoms. The van der Waals surface area contributed by atoms with Crippen LogP contribution >= 0.6 is 23.1 Å². The maximum atomic E-state index is 10.9. The lowest BCUT2D eigenvalue weighted by Gasteiger charge is -2.21. The van der Waals surface area contributed by atoms with Gasteiger partial charge >= 0.3 is 4.87 Å². The summed E-state index contributed by atoms with van der Waals surface area (Å²) >= 11 is 2.93. The van der Waals surface area contributed by atoms with Crippen LogP contribution in [-0.2, 0) is 6.54 Å². The first-order valence-electron chi connectivity index (χ1n) is 4.84. The Bertz CT molecular complexity index is 409. The molecule has 2 heterocycles. The second-order valence-corrected chi connectivity index (χ2v) is 5.40. The number of H-pyrrole nitrogens is 1. The van der Waals surface area contributed by atoms with E-state index in [1.807, 2.05) is 5.38 Å². The van der Waals surface area contributed by atoms with Crippen LogP contribution in [0, 0.1) is 0 Å². The van der Waals surface area contributed by atoms with Crippen molar-refractivity contribution < 1.29 is 0 Å². The van der Waals surface area contributed by atoms with E-state index in [1.54, 1.807) is 11.8 Å². The lowest BCUT2D eigenvalue weighted by Crippen LogP contribution is -2.35. The van der Waals surface area contributed by atoms with Crippen molar-refractivity contribution in [2.24, 2.45) is 4.99 Å². The zero-order chi connectivity index (χ0) is 10.7. The van der Waals surface area contributed by atoms with Crippen LogP contribution < -0.4 is 10.2 Å². The lowest BCUT2D eigenvalue weighted by molar-refractivity contribution is 0.642. The number of nitrogens with zero attached hydrogens (tertiary/aromatic N) is 1. The van der Waals surface area contributed by atoms with Gasteiger partial charge in [-0.15, -0.1) is 0 Å². The van der Waals surface area contributed by atoms with Crippen molar-refractivity contribution in [3.63, 3.8) is 0 Å². The Kier molecular flexibility index (Phi) is 3.48. The normalized spacial score (nSPS) is 24.1. The first-order chi connectivity index (χ1) is 7.24. The summed E-state index contributed by atoms with van der Waals surface area (Å²) in [7, 11) is 0. The van der Waals surface area contributed by atoms with Gasteiger partial charge in [-0.2, -0.15) is 0 Å². The van der Waals surface area contributed by atoms with Gasteiger partial charge in [0.15, 0.2) is 5.17 Å². The molecule has 1 aliphatic heterocycles. The number of thioether (sulfide) groups is 1. The smallest absolute Gasteiger partial charge is 0.304 e.